The highest BCUT2D eigenvalue weighted by Crippen LogP contribution is 2.46. The van der Waals surface area contributed by atoms with Crippen molar-refractivity contribution in [3.63, 3.8) is 0 Å². The van der Waals surface area contributed by atoms with E-state index in [1.165, 1.54) is 18.6 Å². The molecule has 5 rings (SSSR count). The summed E-state index contributed by atoms with van der Waals surface area (Å²) in [5.41, 5.74) is 0.893. The third-order valence-electron chi connectivity index (χ3n) is 8.05. The number of hydrogen-bond acceptors (Lipinski definition) is 9. The molecular weight excluding hydrogens is 505 g/mol. The van der Waals surface area contributed by atoms with Gasteiger partial charge in [0.25, 0.3) is 5.91 Å². The first-order valence-electron chi connectivity index (χ1n) is 13.1. The molecule has 0 bridgehead atoms. The highest BCUT2D eigenvalue weighted by Gasteiger charge is 2.77. The van der Waals surface area contributed by atoms with Crippen molar-refractivity contribution in [1.29, 1.82) is 0 Å². The minimum atomic E-state index is -2.65. The zero-order valence-corrected chi connectivity index (χ0v) is 22.1. The summed E-state index contributed by atoms with van der Waals surface area (Å²) in [6, 6.07) is 6.79. The van der Waals surface area contributed by atoms with Crippen LogP contribution in [0, 0.1) is 5.92 Å². The molecule has 39 heavy (non-hydrogen) atoms. The first-order valence-corrected chi connectivity index (χ1v) is 13.1. The average Bonchev–Trinajstić information content (AvgIpc) is 3.28. The molecule has 1 aromatic heterocycles. The fourth-order valence-electron chi connectivity index (χ4n) is 6.05. The standard InChI is InChI=1S/C26H32BN5O7/c1-16(2)11-22(27-32(3)20(25(35)38-27)14-37-15-21(32)26(36)39-27)31-23(33)18(12-17-7-5-4-6-8-17)30-24(34)19-13-28-9-10-29-19/h4-10,13,16,18,20-22H,11-12,14-15H2,1-3H3,(H,30,34)(H,31,33)/t18-,20-,21+,22-,27?,32?/m0/s1. The van der Waals surface area contributed by atoms with E-state index in [1.807, 2.05) is 44.2 Å². The third-order valence-corrected chi connectivity index (χ3v) is 8.05. The van der Waals surface area contributed by atoms with Gasteiger partial charge in [0.2, 0.25) is 5.91 Å². The van der Waals surface area contributed by atoms with Gasteiger partial charge in [-0.05, 0) is 17.9 Å². The van der Waals surface area contributed by atoms with Crippen molar-refractivity contribution in [2.45, 2.75) is 50.8 Å². The maximum atomic E-state index is 13.9. The second-order valence-corrected chi connectivity index (χ2v) is 10.9. The zero-order chi connectivity index (χ0) is 27.8. The van der Waals surface area contributed by atoms with Crippen molar-refractivity contribution in [3.8, 4) is 0 Å². The molecule has 206 valence electrons. The van der Waals surface area contributed by atoms with E-state index < -0.39 is 54.5 Å². The molecule has 2 amide bonds. The number of carbonyl (C=O) groups is 4. The molecule has 6 atom stereocenters. The van der Waals surface area contributed by atoms with E-state index in [4.69, 9.17) is 14.0 Å². The SMILES string of the molecule is CC(C)C[C@H](NC(=O)[C@H](Cc1ccccc1)NC(=O)c1cnccn1)[B-]12OC(=O)[C@H]3COC[C@@H](C(=O)O1)[N+]32C. The second kappa shape index (κ2) is 10.4. The Labute approximate surface area is 226 Å². The molecule has 1 aromatic carbocycles. The Balaban J connectivity index is 1.46. The van der Waals surface area contributed by atoms with E-state index in [0.29, 0.717) is 6.42 Å². The number of hydrogen-bond donors (Lipinski definition) is 2. The fourth-order valence-corrected chi connectivity index (χ4v) is 6.05. The molecule has 4 heterocycles. The van der Waals surface area contributed by atoms with Crippen molar-refractivity contribution in [2.24, 2.45) is 5.92 Å². The molecule has 12 nitrogen and oxygen atoms in total. The van der Waals surface area contributed by atoms with Crippen LogP contribution in [0.2, 0.25) is 0 Å². The minimum absolute atomic E-state index is 0.0523. The number of aromatic nitrogens is 2. The molecule has 2 N–H and O–H groups in total. The molecule has 0 radical (unpaired) electrons. The highest BCUT2D eigenvalue weighted by molar-refractivity contribution is 6.68. The van der Waals surface area contributed by atoms with Crippen LogP contribution in [-0.2, 0) is 34.9 Å². The first-order chi connectivity index (χ1) is 18.7. The predicted octanol–water partition coefficient (Wildman–Crippen LogP) is 0.154. The summed E-state index contributed by atoms with van der Waals surface area (Å²) in [7, 11) is 1.77. The molecule has 2 unspecified atom stereocenters. The normalized spacial score (nSPS) is 28.7. The van der Waals surface area contributed by atoms with Gasteiger partial charge in [-0.25, -0.2) is 14.6 Å². The van der Waals surface area contributed by atoms with Gasteiger partial charge in [-0.2, -0.15) is 0 Å². The van der Waals surface area contributed by atoms with Crippen LogP contribution in [0.5, 0.6) is 0 Å². The van der Waals surface area contributed by atoms with Crippen LogP contribution in [0.1, 0.15) is 36.3 Å². The summed E-state index contributed by atoms with van der Waals surface area (Å²) in [5, 5.41) is 5.78. The molecule has 0 spiro atoms. The number of amides is 2. The Morgan fingerprint density at radius 1 is 1.05 bits per heavy atom. The number of quaternary nitrogens is 1. The number of carbonyl (C=O) groups excluding carboxylic acids is 4. The van der Waals surface area contributed by atoms with Gasteiger partial charge in [-0.3, -0.25) is 14.6 Å². The smallest absolute Gasteiger partial charge is 0.599 e. The molecule has 0 aliphatic carbocycles. The van der Waals surface area contributed by atoms with Crippen molar-refractivity contribution in [3.05, 3.63) is 60.2 Å². The zero-order valence-electron chi connectivity index (χ0n) is 22.1. The van der Waals surface area contributed by atoms with E-state index >= 15 is 0 Å². The summed E-state index contributed by atoms with van der Waals surface area (Å²) in [6.45, 7) is 1.47. The summed E-state index contributed by atoms with van der Waals surface area (Å²) in [5.74, 6) is -2.87. The van der Waals surface area contributed by atoms with E-state index in [-0.39, 0.29) is 35.6 Å². The molecule has 2 aromatic rings. The van der Waals surface area contributed by atoms with Crippen molar-refractivity contribution in [1.82, 2.24) is 20.6 Å². The quantitative estimate of drug-likeness (QED) is 0.427. The lowest BCUT2D eigenvalue weighted by molar-refractivity contribution is -0.854. The van der Waals surface area contributed by atoms with Crippen LogP contribution in [0.15, 0.2) is 48.9 Å². The number of morpholine rings is 1. The maximum absolute atomic E-state index is 13.9. The number of rotatable bonds is 9. The Hall–Kier alpha value is -3.84. The lowest BCUT2D eigenvalue weighted by atomic mass is 9.56. The van der Waals surface area contributed by atoms with Crippen LogP contribution in [-0.4, -0.2) is 89.1 Å². The van der Waals surface area contributed by atoms with Gasteiger partial charge in [0.1, 0.15) is 24.9 Å². The summed E-state index contributed by atoms with van der Waals surface area (Å²) in [6.07, 6.45) is 4.72. The summed E-state index contributed by atoms with van der Waals surface area (Å²) < 4.78 is 17.3. The molecule has 3 fully saturated rings. The van der Waals surface area contributed by atoms with E-state index in [9.17, 15) is 19.2 Å². The Morgan fingerprint density at radius 2 is 1.72 bits per heavy atom. The van der Waals surface area contributed by atoms with E-state index in [0.717, 1.165) is 5.56 Å². The van der Waals surface area contributed by atoms with E-state index in [1.54, 1.807) is 7.05 Å². The van der Waals surface area contributed by atoms with Crippen molar-refractivity contribution in [2.75, 3.05) is 20.3 Å². The van der Waals surface area contributed by atoms with Gasteiger partial charge in [0, 0.05) is 25.9 Å². The predicted molar refractivity (Wildman–Crippen MR) is 137 cm³/mol. The first kappa shape index (κ1) is 26.8. The van der Waals surface area contributed by atoms with Crippen LogP contribution in [0.4, 0.5) is 0 Å². The van der Waals surface area contributed by atoms with Crippen LogP contribution >= 0.6 is 0 Å². The Bertz CT molecular complexity index is 1240. The highest BCUT2D eigenvalue weighted by atomic mass is 16.7. The number of nitrogens with zero attached hydrogens (tertiary/aromatic N) is 3. The van der Waals surface area contributed by atoms with Crippen LogP contribution < -0.4 is 10.6 Å². The number of likely N-dealkylation sites (N-methyl/N-ethyl adjacent to an activating group) is 1. The maximum Gasteiger partial charge on any atom is 0.606 e. The van der Waals surface area contributed by atoms with Gasteiger partial charge in [0.15, 0.2) is 12.1 Å². The molecule has 3 aliphatic heterocycles. The second-order valence-electron chi connectivity index (χ2n) is 10.9. The molecular formula is C26H32BN5O7. The van der Waals surface area contributed by atoms with E-state index in [2.05, 4.69) is 20.6 Å². The van der Waals surface area contributed by atoms with Gasteiger partial charge >= 0.3 is 18.6 Å². The summed E-state index contributed by atoms with van der Waals surface area (Å²) in [4.78, 5) is 60.8. The Morgan fingerprint density at radius 3 is 2.31 bits per heavy atom. The van der Waals surface area contributed by atoms with Crippen LogP contribution in [0.25, 0.3) is 0 Å². The monoisotopic (exact) mass is 537 g/mol. The van der Waals surface area contributed by atoms with Crippen molar-refractivity contribution >= 4 is 30.4 Å². The average molecular weight is 537 g/mol. The van der Waals surface area contributed by atoms with Gasteiger partial charge in [-0.1, -0.05) is 44.2 Å². The number of ether oxygens (including phenoxy) is 1. The van der Waals surface area contributed by atoms with Crippen LogP contribution in [0.3, 0.4) is 0 Å². The fraction of sp³-hybridized carbons (Fsp3) is 0.462. The van der Waals surface area contributed by atoms with Gasteiger partial charge < -0.3 is 29.1 Å². The molecule has 3 saturated heterocycles. The molecule has 3 aliphatic rings. The number of nitrogens with one attached hydrogen (secondary N) is 2. The lowest BCUT2D eigenvalue weighted by Crippen LogP contribution is -2.77. The lowest BCUT2D eigenvalue weighted by Gasteiger charge is -2.51. The Kier molecular flexibility index (Phi) is 7.12. The third kappa shape index (κ3) is 4.65. The number of benzene rings is 1. The minimum Gasteiger partial charge on any atom is -0.599 e. The molecule has 0 saturated carbocycles. The topological polar surface area (TPSA) is 146 Å². The summed E-state index contributed by atoms with van der Waals surface area (Å²) >= 11 is 0. The largest absolute Gasteiger partial charge is 0.606 e. The molecule has 13 heteroatoms. The van der Waals surface area contributed by atoms with Gasteiger partial charge in [-0.15, -0.1) is 0 Å². The van der Waals surface area contributed by atoms with Gasteiger partial charge in [0.05, 0.1) is 12.1 Å². The van der Waals surface area contributed by atoms with Crippen molar-refractivity contribution < 1.29 is 37.6 Å².